The van der Waals surface area contributed by atoms with E-state index in [9.17, 15) is 9.59 Å². The zero-order chi connectivity index (χ0) is 15.5. The molecule has 2 rings (SSSR count). The van der Waals surface area contributed by atoms with Crippen LogP contribution in [0.2, 0.25) is 0 Å². The number of ether oxygens (including phenoxy) is 1. The van der Waals surface area contributed by atoms with Gasteiger partial charge >= 0.3 is 5.97 Å². The summed E-state index contributed by atoms with van der Waals surface area (Å²) >= 11 is 0. The third kappa shape index (κ3) is 5.43. The van der Waals surface area contributed by atoms with Gasteiger partial charge in [0.2, 0.25) is 0 Å². The van der Waals surface area contributed by atoms with Crippen LogP contribution in [0.5, 0.6) is 0 Å². The molecule has 122 valence electrons. The van der Waals surface area contributed by atoms with Crippen molar-refractivity contribution in [3.05, 3.63) is 35.9 Å². The second-order valence-electron chi connectivity index (χ2n) is 6.52. The molecule has 0 N–H and O–H groups in total. The number of halogens is 1. The van der Waals surface area contributed by atoms with E-state index >= 15 is 0 Å². The number of carbonyl (C=O) groups is 2. The molecule has 22 heavy (non-hydrogen) atoms. The standard InChI is InChI=1S/C17H23NO3.ClH/c1-17(2,3)21-16(20)14-12-18(10-9-15(14)19)11-13-7-5-4-6-8-13;/h4-8,14H,9-12H2,1-3H3;1H. The number of hydrogen-bond acceptors (Lipinski definition) is 4. The van der Waals surface area contributed by atoms with Crippen LogP contribution >= 0.6 is 12.4 Å². The van der Waals surface area contributed by atoms with E-state index in [0.717, 1.165) is 6.54 Å². The second-order valence-corrected chi connectivity index (χ2v) is 6.52. The largest absolute Gasteiger partial charge is 0.459 e. The average molecular weight is 326 g/mol. The van der Waals surface area contributed by atoms with E-state index in [1.807, 2.05) is 39.0 Å². The van der Waals surface area contributed by atoms with Crippen molar-refractivity contribution in [3.8, 4) is 0 Å². The van der Waals surface area contributed by atoms with Gasteiger partial charge in [-0.2, -0.15) is 0 Å². The SMILES string of the molecule is CC(C)(C)OC(=O)C1CN(Cc2ccccc2)CCC1=O.Cl. The number of carbonyl (C=O) groups excluding carboxylic acids is 2. The minimum atomic E-state index is -0.651. The van der Waals surface area contributed by atoms with Crippen molar-refractivity contribution in [2.75, 3.05) is 13.1 Å². The van der Waals surface area contributed by atoms with Crippen molar-refractivity contribution in [1.29, 1.82) is 0 Å². The molecule has 1 fully saturated rings. The molecule has 5 heteroatoms. The number of Topliss-reactive ketones (excluding diaryl/α,β-unsaturated/α-hetero) is 1. The topological polar surface area (TPSA) is 46.6 Å². The summed E-state index contributed by atoms with van der Waals surface area (Å²) in [6.45, 7) is 7.36. The molecule has 1 heterocycles. The van der Waals surface area contributed by atoms with E-state index in [0.29, 0.717) is 19.5 Å². The van der Waals surface area contributed by atoms with Crippen molar-refractivity contribution in [2.45, 2.75) is 39.3 Å². The quantitative estimate of drug-likeness (QED) is 0.633. The van der Waals surface area contributed by atoms with Gasteiger partial charge in [-0.05, 0) is 26.3 Å². The zero-order valence-corrected chi connectivity index (χ0v) is 14.2. The molecule has 0 radical (unpaired) electrons. The first-order valence-electron chi connectivity index (χ1n) is 7.37. The third-order valence-corrected chi connectivity index (χ3v) is 3.44. The fourth-order valence-corrected chi connectivity index (χ4v) is 2.46. The summed E-state index contributed by atoms with van der Waals surface area (Å²) in [4.78, 5) is 26.3. The number of piperidine rings is 1. The molecule has 0 aromatic heterocycles. The van der Waals surface area contributed by atoms with Crippen LogP contribution in [-0.2, 0) is 20.9 Å². The highest BCUT2D eigenvalue weighted by Crippen LogP contribution is 2.19. The van der Waals surface area contributed by atoms with Gasteiger partial charge in [0.25, 0.3) is 0 Å². The number of esters is 1. The molecular formula is C17H24ClNO3. The van der Waals surface area contributed by atoms with Crippen LogP contribution < -0.4 is 0 Å². The summed E-state index contributed by atoms with van der Waals surface area (Å²) in [5.74, 6) is -1.06. The molecule has 0 aliphatic carbocycles. The molecule has 1 atom stereocenters. The number of nitrogens with zero attached hydrogens (tertiary/aromatic N) is 1. The smallest absolute Gasteiger partial charge is 0.318 e. The monoisotopic (exact) mass is 325 g/mol. The van der Waals surface area contributed by atoms with Crippen molar-refractivity contribution < 1.29 is 14.3 Å². The Morgan fingerprint density at radius 1 is 1.27 bits per heavy atom. The Hall–Kier alpha value is -1.39. The third-order valence-electron chi connectivity index (χ3n) is 3.44. The number of rotatable bonds is 3. The maximum Gasteiger partial charge on any atom is 0.318 e. The van der Waals surface area contributed by atoms with Crippen LogP contribution in [0.3, 0.4) is 0 Å². The lowest BCUT2D eigenvalue weighted by atomic mass is 9.95. The summed E-state index contributed by atoms with van der Waals surface area (Å²) in [7, 11) is 0. The lowest BCUT2D eigenvalue weighted by Crippen LogP contribution is -2.45. The van der Waals surface area contributed by atoms with Gasteiger partial charge in [-0.25, -0.2) is 0 Å². The number of hydrogen-bond donors (Lipinski definition) is 0. The highest BCUT2D eigenvalue weighted by Gasteiger charge is 2.35. The summed E-state index contributed by atoms with van der Waals surface area (Å²) in [6, 6.07) is 10.1. The van der Waals surface area contributed by atoms with Crippen molar-refractivity contribution in [2.24, 2.45) is 5.92 Å². The fraction of sp³-hybridized carbons (Fsp3) is 0.529. The highest BCUT2D eigenvalue weighted by molar-refractivity contribution is 6.00. The molecule has 0 bridgehead atoms. The predicted octanol–water partition coefficient (Wildman–Crippen LogP) is 2.84. The Kier molecular flexibility index (Phi) is 6.57. The molecule has 1 aromatic rings. The molecule has 1 aliphatic heterocycles. The van der Waals surface area contributed by atoms with E-state index in [2.05, 4.69) is 17.0 Å². The van der Waals surface area contributed by atoms with Crippen LogP contribution in [-0.4, -0.2) is 35.3 Å². The van der Waals surface area contributed by atoms with Gasteiger partial charge in [-0.1, -0.05) is 30.3 Å². The first-order chi connectivity index (χ1) is 9.85. The van der Waals surface area contributed by atoms with E-state index in [4.69, 9.17) is 4.74 Å². The van der Waals surface area contributed by atoms with Crippen molar-refractivity contribution in [3.63, 3.8) is 0 Å². The van der Waals surface area contributed by atoms with Crippen LogP contribution in [0.25, 0.3) is 0 Å². The number of likely N-dealkylation sites (tertiary alicyclic amines) is 1. The van der Waals surface area contributed by atoms with E-state index < -0.39 is 17.5 Å². The minimum absolute atomic E-state index is 0. The van der Waals surface area contributed by atoms with Crippen molar-refractivity contribution >= 4 is 24.2 Å². The Balaban J connectivity index is 0.00000242. The van der Waals surface area contributed by atoms with Gasteiger partial charge in [0.15, 0.2) is 0 Å². The summed E-state index contributed by atoms with van der Waals surface area (Å²) < 4.78 is 5.36. The number of ketones is 1. The lowest BCUT2D eigenvalue weighted by Gasteiger charge is -2.32. The van der Waals surface area contributed by atoms with Crippen molar-refractivity contribution in [1.82, 2.24) is 4.90 Å². The van der Waals surface area contributed by atoms with E-state index in [-0.39, 0.29) is 18.2 Å². The van der Waals surface area contributed by atoms with Gasteiger partial charge in [0, 0.05) is 26.1 Å². The molecule has 1 saturated heterocycles. The van der Waals surface area contributed by atoms with Crippen LogP contribution in [0.1, 0.15) is 32.8 Å². The van der Waals surface area contributed by atoms with Crippen LogP contribution in [0.15, 0.2) is 30.3 Å². The Morgan fingerprint density at radius 2 is 1.91 bits per heavy atom. The first kappa shape index (κ1) is 18.7. The summed E-state index contributed by atoms with van der Waals surface area (Å²) in [5, 5.41) is 0. The maximum absolute atomic E-state index is 12.2. The molecular weight excluding hydrogens is 302 g/mol. The molecule has 4 nitrogen and oxygen atoms in total. The summed E-state index contributed by atoms with van der Waals surface area (Å²) in [6.07, 6.45) is 0.413. The summed E-state index contributed by atoms with van der Waals surface area (Å²) in [5.41, 5.74) is 0.633. The Morgan fingerprint density at radius 3 is 2.50 bits per heavy atom. The second kappa shape index (κ2) is 7.75. The fourth-order valence-electron chi connectivity index (χ4n) is 2.46. The van der Waals surface area contributed by atoms with E-state index in [1.165, 1.54) is 5.56 Å². The molecule has 1 aliphatic rings. The molecule has 0 amide bonds. The van der Waals surface area contributed by atoms with Gasteiger partial charge in [-0.15, -0.1) is 12.4 Å². The maximum atomic E-state index is 12.2. The minimum Gasteiger partial charge on any atom is -0.459 e. The lowest BCUT2D eigenvalue weighted by molar-refractivity contribution is -0.164. The first-order valence-corrected chi connectivity index (χ1v) is 7.37. The predicted molar refractivity (Wildman–Crippen MR) is 87.9 cm³/mol. The van der Waals surface area contributed by atoms with Gasteiger partial charge in [0.1, 0.15) is 17.3 Å². The molecule has 1 unspecified atom stereocenters. The van der Waals surface area contributed by atoms with Gasteiger partial charge in [-0.3, -0.25) is 14.5 Å². The van der Waals surface area contributed by atoms with E-state index in [1.54, 1.807) is 0 Å². The normalized spacial score (nSPS) is 19.4. The molecule has 0 saturated carbocycles. The van der Waals surface area contributed by atoms with Crippen LogP contribution in [0.4, 0.5) is 0 Å². The Labute approximate surface area is 138 Å². The molecule has 0 spiro atoms. The highest BCUT2D eigenvalue weighted by atomic mass is 35.5. The van der Waals surface area contributed by atoms with Crippen LogP contribution in [0, 0.1) is 5.92 Å². The number of benzene rings is 1. The van der Waals surface area contributed by atoms with Gasteiger partial charge in [0.05, 0.1) is 0 Å². The van der Waals surface area contributed by atoms with Gasteiger partial charge < -0.3 is 4.74 Å². The molecule has 1 aromatic carbocycles. The zero-order valence-electron chi connectivity index (χ0n) is 13.4. The Bertz CT molecular complexity index is 510. The average Bonchev–Trinajstić information content (AvgIpc) is 2.40.